The van der Waals surface area contributed by atoms with Crippen LogP contribution in [-0.4, -0.2) is 38.2 Å². The van der Waals surface area contributed by atoms with Gasteiger partial charge in [-0.2, -0.15) is 0 Å². The molecule has 0 unspecified atom stereocenters. The highest BCUT2D eigenvalue weighted by Gasteiger charge is 2.26. The van der Waals surface area contributed by atoms with E-state index in [9.17, 15) is 9.59 Å². The smallest absolute Gasteiger partial charge is 0.265 e. The minimum atomic E-state index is -0.178. The lowest BCUT2D eigenvalue weighted by atomic mass is 10.2. The Kier molecular flexibility index (Phi) is 7.09. The fourth-order valence-corrected chi connectivity index (χ4v) is 3.49. The van der Waals surface area contributed by atoms with E-state index in [1.807, 2.05) is 61.5 Å². The van der Waals surface area contributed by atoms with E-state index in [0.717, 1.165) is 17.1 Å². The van der Waals surface area contributed by atoms with Gasteiger partial charge in [0.15, 0.2) is 6.61 Å². The number of rotatable bonds is 9. The Labute approximate surface area is 192 Å². The first-order valence-electron chi connectivity index (χ1n) is 10.8. The highest BCUT2D eigenvalue weighted by molar-refractivity contribution is 5.99. The molecule has 0 fully saturated rings. The third-order valence-corrected chi connectivity index (χ3v) is 5.10. The normalized spacial score (nSPS) is 12.5. The number of hydrogen-bond acceptors (Lipinski definition) is 5. The summed E-state index contributed by atoms with van der Waals surface area (Å²) in [6.45, 7) is 2.94. The Morgan fingerprint density at radius 3 is 2.58 bits per heavy atom. The van der Waals surface area contributed by atoms with Gasteiger partial charge in [-0.15, -0.1) is 0 Å². The summed E-state index contributed by atoms with van der Waals surface area (Å²) in [7, 11) is 0. The van der Waals surface area contributed by atoms with E-state index in [-0.39, 0.29) is 31.4 Å². The van der Waals surface area contributed by atoms with Gasteiger partial charge in [0.2, 0.25) is 5.91 Å². The third-order valence-electron chi connectivity index (χ3n) is 5.10. The van der Waals surface area contributed by atoms with Gasteiger partial charge in [0.05, 0.1) is 25.3 Å². The molecular weight excluding hydrogens is 420 g/mol. The van der Waals surface area contributed by atoms with E-state index in [4.69, 9.17) is 14.2 Å². The van der Waals surface area contributed by atoms with Crippen LogP contribution in [0.2, 0.25) is 0 Å². The lowest BCUT2D eigenvalue weighted by molar-refractivity contribution is -0.121. The molecule has 7 nitrogen and oxygen atoms in total. The van der Waals surface area contributed by atoms with Crippen molar-refractivity contribution >= 4 is 23.2 Å². The average molecular weight is 447 g/mol. The van der Waals surface area contributed by atoms with E-state index < -0.39 is 0 Å². The van der Waals surface area contributed by atoms with Crippen LogP contribution in [0.3, 0.4) is 0 Å². The molecule has 1 heterocycles. The van der Waals surface area contributed by atoms with Gasteiger partial charge in [-0.3, -0.25) is 9.59 Å². The van der Waals surface area contributed by atoms with Crippen LogP contribution in [0.15, 0.2) is 72.8 Å². The van der Waals surface area contributed by atoms with Crippen molar-refractivity contribution in [3.63, 3.8) is 0 Å². The number of hydrogen-bond donors (Lipinski definition) is 1. The zero-order valence-electron chi connectivity index (χ0n) is 18.5. The van der Waals surface area contributed by atoms with Crippen LogP contribution >= 0.6 is 0 Å². The maximum absolute atomic E-state index is 12.5. The molecule has 170 valence electrons. The van der Waals surface area contributed by atoms with E-state index >= 15 is 0 Å². The number of carbonyl (C=O) groups is 2. The second-order valence-electron chi connectivity index (χ2n) is 7.64. The molecule has 0 bridgehead atoms. The molecule has 2 amide bonds. The summed E-state index contributed by atoms with van der Waals surface area (Å²) in [6.07, 6.45) is 0.204. The molecule has 1 aliphatic rings. The molecule has 0 atom stereocenters. The van der Waals surface area contributed by atoms with Crippen LogP contribution in [-0.2, 0) is 9.59 Å². The van der Waals surface area contributed by atoms with Crippen molar-refractivity contribution in [1.82, 2.24) is 0 Å². The first-order chi connectivity index (χ1) is 16.1. The predicted molar refractivity (Wildman–Crippen MR) is 126 cm³/mol. The summed E-state index contributed by atoms with van der Waals surface area (Å²) in [6, 6.07) is 22.4. The quantitative estimate of drug-likeness (QED) is 0.533. The molecule has 4 rings (SSSR count). The second kappa shape index (κ2) is 10.5. The number of nitrogens with zero attached hydrogens (tertiary/aromatic N) is 1. The molecule has 0 saturated carbocycles. The number of aryl methyl sites for hydroxylation is 1. The number of nitrogens with one attached hydrogen (secondary N) is 1. The first kappa shape index (κ1) is 22.2. The van der Waals surface area contributed by atoms with Crippen LogP contribution in [0, 0.1) is 6.92 Å². The van der Waals surface area contributed by atoms with Gasteiger partial charge in [-0.05, 0) is 55.0 Å². The number of ether oxygens (including phenoxy) is 3. The standard InChI is InChI=1S/C26H26N2O5/c1-19-6-5-9-22(16-19)32-15-13-28-23-17-20(10-11-24(23)33-18-26(28)30)27-25(29)12-14-31-21-7-3-2-4-8-21/h2-11,16-17H,12-15,18H2,1H3,(H,27,29). The van der Waals surface area contributed by atoms with Crippen molar-refractivity contribution < 1.29 is 23.8 Å². The van der Waals surface area contributed by atoms with Crippen molar-refractivity contribution in [1.29, 1.82) is 0 Å². The third kappa shape index (κ3) is 6.04. The SMILES string of the molecule is Cc1cccc(OCCN2C(=O)COc3ccc(NC(=O)CCOc4ccccc4)cc32)c1. The van der Waals surface area contributed by atoms with Crippen LogP contribution in [0.25, 0.3) is 0 Å². The number of para-hydroxylation sites is 1. The van der Waals surface area contributed by atoms with Crippen LogP contribution in [0.4, 0.5) is 11.4 Å². The Morgan fingerprint density at radius 2 is 1.76 bits per heavy atom. The van der Waals surface area contributed by atoms with E-state index in [1.165, 1.54) is 0 Å². The molecule has 33 heavy (non-hydrogen) atoms. The number of carbonyl (C=O) groups excluding carboxylic acids is 2. The summed E-state index contributed by atoms with van der Waals surface area (Å²) in [5, 5.41) is 2.86. The molecule has 0 radical (unpaired) electrons. The van der Waals surface area contributed by atoms with Gasteiger partial charge in [0.1, 0.15) is 23.9 Å². The summed E-state index contributed by atoms with van der Waals surface area (Å²) in [5.74, 6) is 1.74. The molecule has 1 N–H and O–H groups in total. The Bertz CT molecular complexity index is 1120. The zero-order chi connectivity index (χ0) is 23.0. The molecule has 3 aromatic rings. The lowest BCUT2D eigenvalue weighted by Crippen LogP contribution is -2.41. The number of fused-ring (bicyclic) bond motifs is 1. The van der Waals surface area contributed by atoms with Gasteiger partial charge in [0.25, 0.3) is 5.91 Å². The zero-order valence-corrected chi connectivity index (χ0v) is 18.5. The lowest BCUT2D eigenvalue weighted by Gasteiger charge is -2.29. The first-order valence-corrected chi connectivity index (χ1v) is 10.8. The van der Waals surface area contributed by atoms with Crippen molar-refractivity contribution in [3.05, 3.63) is 78.4 Å². The topological polar surface area (TPSA) is 77.1 Å². The molecule has 0 spiro atoms. The molecule has 0 aromatic heterocycles. The highest BCUT2D eigenvalue weighted by Crippen LogP contribution is 2.34. The van der Waals surface area contributed by atoms with E-state index in [0.29, 0.717) is 30.3 Å². The van der Waals surface area contributed by atoms with Crippen LogP contribution < -0.4 is 24.4 Å². The maximum Gasteiger partial charge on any atom is 0.265 e. The number of anilines is 2. The number of benzene rings is 3. The van der Waals surface area contributed by atoms with Crippen molar-refractivity contribution in [3.8, 4) is 17.2 Å². The second-order valence-corrected chi connectivity index (χ2v) is 7.64. The van der Waals surface area contributed by atoms with Gasteiger partial charge in [-0.25, -0.2) is 0 Å². The van der Waals surface area contributed by atoms with Gasteiger partial charge >= 0.3 is 0 Å². The van der Waals surface area contributed by atoms with Crippen LogP contribution in [0.1, 0.15) is 12.0 Å². The van der Waals surface area contributed by atoms with Crippen molar-refractivity contribution in [2.75, 3.05) is 36.6 Å². The molecule has 0 saturated heterocycles. The molecule has 0 aliphatic carbocycles. The Morgan fingerprint density at radius 1 is 0.970 bits per heavy atom. The average Bonchev–Trinajstić information content (AvgIpc) is 2.81. The van der Waals surface area contributed by atoms with Gasteiger partial charge < -0.3 is 24.4 Å². The van der Waals surface area contributed by atoms with Crippen LogP contribution in [0.5, 0.6) is 17.2 Å². The maximum atomic E-state index is 12.5. The largest absolute Gasteiger partial charge is 0.493 e. The summed E-state index contributed by atoms with van der Waals surface area (Å²) in [4.78, 5) is 26.5. The fraction of sp³-hybridized carbons (Fsp3) is 0.231. The van der Waals surface area contributed by atoms with Crippen molar-refractivity contribution in [2.45, 2.75) is 13.3 Å². The fourth-order valence-electron chi connectivity index (χ4n) is 3.49. The van der Waals surface area contributed by atoms with Gasteiger partial charge in [-0.1, -0.05) is 30.3 Å². The monoisotopic (exact) mass is 446 g/mol. The Balaban J connectivity index is 1.35. The minimum absolute atomic E-state index is 0.0278. The van der Waals surface area contributed by atoms with Gasteiger partial charge in [0, 0.05) is 5.69 Å². The molecule has 1 aliphatic heterocycles. The molecular formula is C26H26N2O5. The summed E-state index contributed by atoms with van der Waals surface area (Å²) < 4.78 is 16.9. The molecule has 3 aromatic carbocycles. The minimum Gasteiger partial charge on any atom is -0.493 e. The van der Waals surface area contributed by atoms with E-state index in [1.54, 1.807) is 23.1 Å². The summed E-state index contributed by atoms with van der Waals surface area (Å²) in [5.41, 5.74) is 2.30. The molecule has 7 heteroatoms. The van der Waals surface area contributed by atoms with E-state index in [2.05, 4.69) is 5.32 Å². The van der Waals surface area contributed by atoms with Crippen molar-refractivity contribution in [2.24, 2.45) is 0 Å². The summed E-state index contributed by atoms with van der Waals surface area (Å²) >= 11 is 0. The Hall–Kier alpha value is -4.00. The highest BCUT2D eigenvalue weighted by atomic mass is 16.5. The number of amides is 2. The predicted octanol–water partition coefficient (Wildman–Crippen LogP) is 4.21.